The number of carbonyl (C=O) groups excluding carboxylic acids is 1. The van der Waals surface area contributed by atoms with Crippen LogP contribution < -0.4 is 5.73 Å². The number of aliphatic carboxylic acids is 1. The van der Waals surface area contributed by atoms with Gasteiger partial charge in [0.1, 0.15) is 0 Å². The molecule has 1 atom stereocenters. The predicted molar refractivity (Wildman–Crippen MR) is 68.1 cm³/mol. The first-order valence-corrected chi connectivity index (χ1v) is 6.40. The molecule has 1 fully saturated rings. The number of carboxylic acid groups (broad SMARTS) is 1. The Labute approximate surface area is 108 Å². The van der Waals surface area contributed by atoms with Crippen LogP contribution in [0.15, 0.2) is 0 Å². The fourth-order valence-corrected chi connectivity index (χ4v) is 1.94. The lowest BCUT2D eigenvalue weighted by Gasteiger charge is -2.36. The molecule has 0 saturated carbocycles. The lowest BCUT2D eigenvalue weighted by atomic mass is 10.0. The van der Waals surface area contributed by atoms with Crippen LogP contribution in [-0.4, -0.2) is 65.5 Å². The molecule has 1 aliphatic heterocycles. The number of carbonyl (C=O) groups is 2. The van der Waals surface area contributed by atoms with E-state index in [1.165, 1.54) is 0 Å². The SMILES string of the molecule is CC(C)[C@@H](N)C(=O)N1CCN(CCC(=O)O)CC1. The molecule has 6 heteroatoms. The Hall–Kier alpha value is -1.14. The highest BCUT2D eigenvalue weighted by molar-refractivity contribution is 5.82. The Bertz CT molecular complexity index is 299. The van der Waals surface area contributed by atoms with Crippen molar-refractivity contribution in [3.05, 3.63) is 0 Å². The molecular formula is C12H23N3O3. The summed E-state index contributed by atoms with van der Waals surface area (Å²) in [4.78, 5) is 26.3. The molecule has 1 rings (SSSR count). The summed E-state index contributed by atoms with van der Waals surface area (Å²) in [5.74, 6) is -0.638. The van der Waals surface area contributed by atoms with E-state index < -0.39 is 12.0 Å². The van der Waals surface area contributed by atoms with Crippen LogP contribution in [0, 0.1) is 5.92 Å². The molecule has 6 nitrogen and oxygen atoms in total. The zero-order valence-corrected chi connectivity index (χ0v) is 11.1. The van der Waals surface area contributed by atoms with Crippen LogP contribution in [0.3, 0.4) is 0 Å². The number of carboxylic acids is 1. The van der Waals surface area contributed by atoms with E-state index in [1.807, 2.05) is 13.8 Å². The maximum Gasteiger partial charge on any atom is 0.304 e. The minimum atomic E-state index is -0.782. The van der Waals surface area contributed by atoms with Gasteiger partial charge in [0.25, 0.3) is 0 Å². The van der Waals surface area contributed by atoms with Gasteiger partial charge in [0.2, 0.25) is 5.91 Å². The average Bonchev–Trinajstić information content (AvgIpc) is 2.35. The number of nitrogens with two attached hydrogens (primary N) is 1. The number of rotatable bonds is 5. The summed E-state index contributed by atoms with van der Waals surface area (Å²) in [7, 11) is 0. The van der Waals surface area contributed by atoms with Crippen molar-refractivity contribution in [1.29, 1.82) is 0 Å². The van der Waals surface area contributed by atoms with Gasteiger partial charge >= 0.3 is 5.97 Å². The van der Waals surface area contributed by atoms with Crippen LogP contribution in [0.25, 0.3) is 0 Å². The minimum Gasteiger partial charge on any atom is -0.481 e. The van der Waals surface area contributed by atoms with Gasteiger partial charge in [0, 0.05) is 32.7 Å². The topological polar surface area (TPSA) is 86.9 Å². The molecule has 104 valence electrons. The van der Waals surface area contributed by atoms with Crippen molar-refractivity contribution in [1.82, 2.24) is 9.80 Å². The molecule has 0 bridgehead atoms. The Morgan fingerprint density at radius 2 is 1.78 bits per heavy atom. The third kappa shape index (κ3) is 4.27. The van der Waals surface area contributed by atoms with Gasteiger partial charge in [0.05, 0.1) is 12.5 Å². The van der Waals surface area contributed by atoms with Gasteiger partial charge in [-0.15, -0.1) is 0 Å². The first-order chi connectivity index (χ1) is 8.41. The number of hydrogen-bond acceptors (Lipinski definition) is 4. The van der Waals surface area contributed by atoms with E-state index in [2.05, 4.69) is 4.90 Å². The molecule has 1 aliphatic rings. The smallest absolute Gasteiger partial charge is 0.304 e. The number of hydrogen-bond donors (Lipinski definition) is 2. The third-order valence-electron chi connectivity index (χ3n) is 3.33. The molecule has 0 spiro atoms. The van der Waals surface area contributed by atoms with Gasteiger partial charge in [-0.25, -0.2) is 0 Å². The van der Waals surface area contributed by atoms with Crippen molar-refractivity contribution < 1.29 is 14.7 Å². The molecule has 1 heterocycles. The summed E-state index contributed by atoms with van der Waals surface area (Å²) in [6.45, 7) is 7.15. The lowest BCUT2D eigenvalue weighted by molar-refractivity contribution is -0.139. The van der Waals surface area contributed by atoms with Crippen LogP contribution in [0.5, 0.6) is 0 Å². The van der Waals surface area contributed by atoms with E-state index >= 15 is 0 Å². The van der Waals surface area contributed by atoms with Crippen molar-refractivity contribution >= 4 is 11.9 Å². The Kier molecular flexibility index (Phi) is 5.55. The second kappa shape index (κ2) is 6.70. The highest BCUT2D eigenvalue weighted by Crippen LogP contribution is 2.08. The Balaban J connectivity index is 2.35. The molecular weight excluding hydrogens is 234 g/mol. The van der Waals surface area contributed by atoms with Gasteiger partial charge in [-0.05, 0) is 5.92 Å². The zero-order valence-electron chi connectivity index (χ0n) is 11.1. The van der Waals surface area contributed by atoms with Gasteiger partial charge < -0.3 is 15.7 Å². The molecule has 0 aromatic rings. The van der Waals surface area contributed by atoms with E-state index in [0.717, 1.165) is 13.1 Å². The highest BCUT2D eigenvalue weighted by atomic mass is 16.4. The molecule has 0 aromatic carbocycles. The fraction of sp³-hybridized carbons (Fsp3) is 0.833. The standard InChI is InChI=1S/C12H23N3O3/c1-9(2)11(13)12(18)15-7-5-14(6-8-15)4-3-10(16)17/h9,11H,3-8,13H2,1-2H3,(H,16,17)/t11-/m1/s1. The van der Waals surface area contributed by atoms with Crippen LogP contribution >= 0.6 is 0 Å². The minimum absolute atomic E-state index is 0.00267. The largest absolute Gasteiger partial charge is 0.481 e. The van der Waals surface area contributed by atoms with Crippen LogP contribution in [0.4, 0.5) is 0 Å². The normalized spacial score (nSPS) is 19.0. The molecule has 0 aliphatic carbocycles. The second-order valence-corrected chi connectivity index (χ2v) is 5.08. The summed E-state index contributed by atoms with van der Waals surface area (Å²) in [5.41, 5.74) is 5.84. The van der Waals surface area contributed by atoms with Gasteiger partial charge in [-0.3, -0.25) is 14.5 Å². The summed E-state index contributed by atoms with van der Waals surface area (Å²) in [5, 5.41) is 8.61. The van der Waals surface area contributed by atoms with Crippen molar-refractivity contribution in [2.24, 2.45) is 11.7 Å². The monoisotopic (exact) mass is 257 g/mol. The van der Waals surface area contributed by atoms with E-state index in [0.29, 0.717) is 19.6 Å². The van der Waals surface area contributed by atoms with Gasteiger partial charge in [-0.2, -0.15) is 0 Å². The quantitative estimate of drug-likeness (QED) is 0.699. The highest BCUT2D eigenvalue weighted by Gasteiger charge is 2.26. The lowest BCUT2D eigenvalue weighted by Crippen LogP contribution is -2.54. The van der Waals surface area contributed by atoms with Crippen LogP contribution in [0.1, 0.15) is 20.3 Å². The predicted octanol–water partition coefficient (Wildman–Crippen LogP) is -0.411. The first kappa shape index (κ1) is 14.9. The van der Waals surface area contributed by atoms with E-state index in [4.69, 9.17) is 10.8 Å². The van der Waals surface area contributed by atoms with Crippen LogP contribution in [0.2, 0.25) is 0 Å². The van der Waals surface area contributed by atoms with E-state index in [1.54, 1.807) is 4.90 Å². The van der Waals surface area contributed by atoms with E-state index in [-0.39, 0.29) is 18.2 Å². The molecule has 0 aromatic heterocycles. The number of amides is 1. The van der Waals surface area contributed by atoms with Crippen molar-refractivity contribution in [3.63, 3.8) is 0 Å². The molecule has 0 unspecified atom stereocenters. The van der Waals surface area contributed by atoms with Gasteiger partial charge in [-0.1, -0.05) is 13.8 Å². The molecule has 3 N–H and O–H groups in total. The number of piperazine rings is 1. The molecule has 18 heavy (non-hydrogen) atoms. The fourth-order valence-electron chi connectivity index (χ4n) is 1.94. The summed E-state index contributed by atoms with van der Waals surface area (Å²) in [6.07, 6.45) is 0.152. The summed E-state index contributed by atoms with van der Waals surface area (Å²) in [6, 6.07) is -0.435. The second-order valence-electron chi connectivity index (χ2n) is 5.08. The molecule has 1 amide bonds. The van der Waals surface area contributed by atoms with Crippen molar-refractivity contribution in [2.75, 3.05) is 32.7 Å². The van der Waals surface area contributed by atoms with Gasteiger partial charge in [0.15, 0.2) is 0 Å². The third-order valence-corrected chi connectivity index (χ3v) is 3.33. The Morgan fingerprint density at radius 1 is 1.22 bits per heavy atom. The van der Waals surface area contributed by atoms with Crippen molar-refractivity contribution in [3.8, 4) is 0 Å². The van der Waals surface area contributed by atoms with Crippen molar-refractivity contribution in [2.45, 2.75) is 26.3 Å². The first-order valence-electron chi connectivity index (χ1n) is 6.40. The maximum absolute atomic E-state index is 12.0. The zero-order chi connectivity index (χ0) is 13.7. The molecule has 1 saturated heterocycles. The van der Waals surface area contributed by atoms with Crippen LogP contribution in [-0.2, 0) is 9.59 Å². The summed E-state index contributed by atoms with van der Waals surface area (Å²) >= 11 is 0. The number of nitrogens with zero attached hydrogens (tertiary/aromatic N) is 2. The molecule has 0 radical (unpaired) electrons. The van der Waals surface area contributed by atoms with E-state index in [9.17, 15) is 9.59 Å². The summed E-state index contributed by atoms with van der Waals surface area (Å²) < 4.78 is 0. The Morgan fingerprint density at radius 3 is 2.22 bits per heavy atom. The average molecular weight is 257 g/mol. The maximum atomic E-state index is 12.0.